The molecule has 0 fully saturated rings. The monoisotopic (exact) mass is 379 g/mol. The maximum absolute atomic E-state index is 13.1. The van der Waals surface area contributed by atoms with Crippen LogP contribution in [0.25, 0.3) is 22.6 Å². The molecular weight excluding hydrogens is 358 g/mol. The molecule has 0 amide bonds. The Morgan fingerprint density at radius 3 is 2.43 bits per heavy atom. The SMILES string of the molecule is C/C=C/Cn1c(=O)c2c(nc3n(-c4ccc(O)cc4)c(C)c(C)n23)n(C)c1=O. The zero-order valence-electron chi connectivity index (χ0n) is 16.2. The summed E-state index contributed by atoms with van der Waals surface area (Å²) in [7, 11) is 1.62. The summed E-state index contributed by atoms with van der Waals surface area (Å²) < 4.78 is 6.33. The number of hydrogen-bond acceptors (Lipinski definition) is 4. The molecule has 0 atom stereocenters. The van der Waals surface area contributed by atoms with Gasteiger partial charge in [0.15, 0.2) is 11.2 Å². The van der Waals surface area contributed by atoms with Gasteiger partial charge in [0.05, 0.1) is 0 Å². The van der Waals surface area contributed by atoms with Crippen molar-refractivity contribution in [2.24, 2.45) is 7.05 Å². The Morgan fingerprint density at radius 1 is 1.11 bits per heavy atom. The molecule has 1 aromatic carbocycles. The summed E-state index contributed by atoms with van der Waals surface area (Å²) in [5.74, 6) is 0.718. The summed E-state index contributed by atoms with van der Waals surface area (Å²) in [6.45, 7) is 5.92. The summed E-state index contributed by atoms with van der Waals surface area (Å²) in [5.41, 5.74) is 2.54. The van der Waals surface area contributed by atoms with Crippen LogP contribution in [0.2, 0.25) is 0 Å². The molecule has 0 saturated carbocycles. The highest BCUT2D eigenvalue weighted by atomic mass is 16.3. The number of aryl methyl sites for hydroxylation is 2. The number of hydrogen-bond donors (Lipinski definition) is 1. The zero-order valence-corrected chi connectivity index (χ0v) is 16.2. The van der Waals surface area contributed by atoms with Gasteiger partial charge in [-0.2, -0.15) is 4.98 Å². The summed E-state index contributed by atoms with van der Waals surface area (Å²) in [5, 5.41) is 9.59. The third kappa shape index (κ3) is 2.34. The second-order valence-electron chi connectivity index (χ2n) is 6.77. The standard InChI is InChI=1S/C20H21N5O3/c1-5-6-11-23-18(27)16-17(22(4)20(23)28)21-19-24(12(2)13(3)25(16)19)14-7-9-15(26)10-8-14/h5-10,26H,11H2,1-4H3/b6-5+. The van der Waals surface area contributed by atoms with Crippen molar-refractivity contribution < 1.29 is 5.11 Å². The molecule has 0 spiro atoms. The summed E-state index contributed by atoms with van der Waals surface area (Å²) in [6, 6.07) is 6.76. The van der Waals surface area contributed by atoms with Crippen LogP contribution in [0.3, 0.4) is 0 Å². The molecule has 0 aliphatic carbocycles. The van der Waals surface area contributed by atoms with E-state index < -0.39 is 5.69 Å². The third-order valence-corrected chi connectivity index (χ3v) is 5.15. The predicted molar refractivity (Wildman–Crippen MR) is 107 cm³/mol. The van der Waals surface area contributed by atoms with Crippen LogP contribution in [0.5, 0.6) is 5.75 Å². The first-order chi connectivity index (χ1) is 13.4. The van der Waals surface area contributed by atoms with Gasteiger partial charge in [0.1, 0.15) is 5.75 Å². The number of phenols is 1. The van der Waals surface area contributed by atoms with Crippen molar-refractivity contribution in [1.82, 2.24) is 23.1 Å². The number of aromatic nitrogens is 5. The second kappa shape index (κ2) is 6.26. The first kappa shape index (κ1) is 17.8. The quantitative estimate of drug-likeness (QED) is 0.552. The number of imidazole rings is 2. The molecule has 28 heavy (non-hydrogen) atoms. The van der Waals surface area contributed by atoms with Crippen molar-refractivity contribution in [1.29, 1.82) is 0 Å². The zero-order chi connectivity index (χ0) is 20.2. The Kier molecular flexibility index (Phi) is 3.99. The summed E-state index contributed by atoms with van der Waals surface area (Å²) >= 11 is 0. The molecule has 4 rings (SSSR count). The molecule has 0 aliphatic rings. The first-order valence-electron chi connectivity index (χ1n) is 8.97. The number of rotatable bonds is 3. The lowest BCUT2D eigenvalue weighted by Crippen LogP contribution is -2.39. The lowest BCUT2D eigenvalue weighted by atomic mass is 10.3. The Labute approximate surface area is 160 Å². The van der Waals surface area contributed by atoms with Crippen LogP contribution in [-0.4, -0.2) is 28.2 Å². The minimum atomic E-state index is -0.401. The van der Waals surface area contributed by atoms with Gasteiger partial charge in [-0.15, -0.1) is 0 Å². The van der Waals surface area contributed by atoms with Gasteiger partial charge in [-0.05, 0) is 45.0 Å². The second-order valence-corrected chi connectivity index (χ2v) is 6.77. The van der Waals surface area contributed by atoms with Crippen molar-refractivity contribution in [3.8, 4) is 11.4 Å². The van der Waals surface area contributed by atoms with Gasteiger partial charge in [-0.25, -0.2) is 4.79 Å². The maximum atomic E-state index is 13.1. The molecule has 3 heterocycles. The van der Waals surface area contributed by atoms with Gasteiger partial charge in [0.2, 0.25) is 5.78 Å². The largest absolute Gasteiger partial charge is 0.508 e. The van der Waals surface area contributed by atoms with Crippen LogP contribution in [0, 0.1) is 13.8 Å². The molecule has 8 heteroatoms. The molecule has 0 aliphatic heterocycles. The van der Waals surface area contributed by atoms with Crippen molar-refractivity contribution >= 4 is 16.9 Å². The normalized spacial score (nSPS) is 12.0. The number of phenolic OH excluding ortho intramolecular Hbond substituents is 1. The van der Waals surface area contributed by atoms with Crippen molar-refractivity contribution in [3.05, 3.63) is 68.6 Å². The number of nitrogens with zero attached hydrogens (tertiary/aromatic N) is 5. The van der Waals surface area contributed by atoms with Crippen LogP contribution >= 0.6 is 0 Å². The molecule has 0 bridgehead atoms. The molecule has 3 aromatic heterocycles. The van der Waals surface area contributed by atoms with Crippen LogP contribution in [-0.2, 0) is 13.6 Å². The fourth-order valence-corrected chi connectivity index (χ4v) is 3.53. The Bertz CT molecular complexity index is 1360. The van der Waals surface area contributed by atoms with Gasteiger partial charge >= 0.3 is 5.69 Å². The molecular formula is C20H21N5O3. The average molecular weight is 379 g/mol. The van der Waals surface area contributed by atoms with Crippen LogP contribution in [0.4, 0.5) is 0 Å². The van der Waals surface area contributed by atoms with Gasteiger partial charge < -0.3 is 5.11 Å². The van der Waals surface area contributed by atoms with E-state index >= 15 is 0 Å². The predicted octanol–water partition coefficient (Wildman–Crippen LogP) is 2.04. The lowest BCUT2D eigenvalue weighted by molar-refractivity contribution is 0.475. The van der Waals surface area contributed by atoms with E-state index in [1.165, 1.54) is 9.13 Å². The average Bonchev–Trinajstić information content (AvgIpc) is 3.17. The fraction of sp³-hybridized carbons (Fsp3) is 0.250. The molecule has 8 nitrogen and oxygen atoms in total. The molecule has 4 aromatic rings. The van der Waals surface area contributed by atoms with E-state index in [2.05, 4.69) is 4.98 Å². The summed E-state index contributed by atoms with van der Waals surface area (Å²) in [4.78, 5) is 30.4. The fourth-order valence-electron chi connectivity index (χ4n) is 3.53. The number of allylic oxidation sites excluding steroid dienone is 2. The Morgan fingerprint density at radius 2 is 1.79 bits per heavy atom. The first-order valence-corrected chi connectivity index (χ1v) is 8.97. The highest BCUT2D eigenvalue weighted by Crippen LogP contribution is 2.25. The molecule has 144 valence electrons. The van der Waals surface area contributed by atoms with E-state index in [4.69, 9.17) is 0 Å². The van der Waals surface area contributed by atoms with Crippen molar-refractivity contribution in [2.45, 2.75) is 27.3 Å². The highest BCUT2D eigenvalue weighted by Gasteiger charge is 2.22. The van der Waals surface area contributed by atoms with Gasteiger partial charge in [-0.1, -0.05) is 12.2 Å². The lowest BCUT2D eigenvalue weighted by Gasteiger charge is -2.07. The number of aromatic hydroxyl groups is 1. The van der Waals surface area contributed by atoms with E-state index in [0.29, 0.717) is 16.9 Å². The number of benzene rings is 1. The van der Waals surface area contributed by atoms with Crippen LogP contribution in [0.1, 0.15) is 18.3 Å². The van der Waals surface area contributed by atoms with Crippen LogP contribution in [0.15, 0.2) is 46.0 Å². The molecule has 1 N–H and O–H groups in total. The minimum absolute atomic E-state index is 0.170. The van der Waals surface area contributed by atoms with Gasteiger partial charge in [0.25, 0.3) is 5.56 Å². The third-order valence-electron chi connectivity index (χ3n) is 5.15. The van der Waals surface area contributed by atoms with E-state index in [0.717, 1.165) is 17.1 Å². The minimum Gasteiger partial charge on any atom is -0.508 e. The number of fused-ring (bicyclic) bond motifs is 3. The topological polar surface area (TPSA) is 86.5 Å². The van der Waals surface area contributed by atoms with Gasteiger partial charge in [0, 0.05) is 30.7 Å². The van der Waals surface area contributed by atoms with E-state index in [1.807, 2.05) is 25.3 Å². The van der Waals surface area contributed by atoms with E-state index in [9.17, 15) is 14.7 Å². The molecule has 0 radical (unpaired) electrons. The molecule has 0 saturated heterocycles. The van der Waals surface area contributed by atoms with Crippen LogP contribution < -0.4 is 11.2 Å². The maximum Gasteiger partial charge on any atom is 0.332 e. The Balaban J connectivity index is 2.16. The Hall–Kier alpha value is -3.55. The van der Waals surface area contributed by atoms with E-state index in [-0.39, 0.29) is 17.9 Å². The smallest absolute Gasteiger partial charge is 0.332 e. The van der Waals surface area contributed by atoms with Crippen molar-refractivity contribution in [2.75, 3.05) is 0 Å². The summed E-state index contributed by atoms with van der Waals surface area (Å²) in [6.07, 6.45) is 3.57. The van der Waals surface area contributed by atoms with Crippen molar-refractivity contribution in [3.63, 3.8) is 0 Å². The van der Waals surface area contributed by atoms with Gasteiger partial charge in [-0.3, -0.25) is 22.9 Å². The molecule has 0 unspecified atom stereocenters. The van der Waals surface area contributed by atoms with E-state index in [1.54, 1.807) is 47.9 Å². The highest BCUT2D eigenvalue weighted by molar-refractivity contribution is 5.77.